The predicted octanol–water partition coefficient (Wildman–Crippen LogP) is 2.14. The number of hydrogen-bond acceptors (Lipinski definition) is 4. The van der Waals surface area contributed by atoms with Gasteiger partial charge in [0.05, 0.1) is 14.2 Å². The highest BCUT2D eigenvalue weighted by molar-refractivity contribution is 5.42. The van der Waals surface area contributed by atoms with E-state index < -0.39 is 0 Å². The van der Waals surface area contributed by atoms with Crippen LogP contribution in [-0.4, -0.2) is 45.8 Å². The first kappa shape index (κ1) is 15.1. The number of benzene rings is 1. The lowest BCUT2D eigenvalue weighted by molar-refractivity contribution is 0.166. The van der Waals surface area contributed by atoms with Crippen LogP contribution in [0.1, 0.15) is 18.4 Å². The predicted molar refractivity (Wildman–Crippen MR) is 81.5 cm³/mol. The normalized spacial score (nSPS) is 19.9. The second kappa shape index (κ2) is 7.50. The SMILES string of the molecule is CNCC1CCCN(Cc2ccc(OC)c(OC)c2)C1. The number of rotatable bonds is 6. The highest BCUT2D eigenvalue weighted by Gasteiger charge is 2.19. The van der Waals surface area contributed by atoms with Gasteiger partial charge in [-0.1, -0.05) is 6.07 Å². The molecule has 1 aromatic rings. The number of nitrogens with one attached hydrogen (secondary N) is 1. The van der Waals surface area contributed by atoms with Gasteiger partial charge in [0, 0.05) is 13.1 Å². The summed E-state index contributed by atoms with van der Waals surface area (Å²) in [7, 11) is 5.39. The van der Waals surface area contributed by atoms with Crippen molar-refractivity contribution in [2.75, 3.05) is 40.9 Å². The number of likely N-dealkylation sites (tertiary alicyclic amines) is 1. The number of ether oxygens (including phenoxy) is 2. The minimum absolute atomic E-state index is 0.772. The second-order valence-corrected chi connectivity index (χ2v) is 5.49. The first-order valence-corrected chi connectivity index (χ1v) is 7.34. The third-order valence-electron chi connectivity index (χ3n) is 3.95. The summed E-state index contributed by atoms with van der Waals surface area (Å²) < 4.78 is 10.7. The van der Waals surface area contributed by atoms with Crippen LogP contribution in [0.2, 0.25) is 0 Å². The molecule has 1 aliphatic rings. The maximum atomic E-state index is 5.37. The molecule has 4 nitrogen and oxygen atoms in total. The van der Waals surface area contributed by atoms with Gasteiger partial charge in [-0.05, 0) is 56.6 Å². The fraction of sp³-hybridized carbons (Fsp3) is 0.625. The summed E-state index contributed by atoms with van der Waals surface area (Å²) in [5.41, 5.74) is 1.28. The number of hydrogen-bond donors (Lipinski definition) is 1. The van der Waals surface area contributed by atoms with Crippen LogP contribution >= 0.6 is 0 Å². The minimum Gasteiger partial charge on any atom is -0.493 e. The fourth-order valence-corrected chi connectivity index (χ4v) is 2.99. The van der Waals surface area contributed by atoms with Gasteiger partial charge in [-0.2, -0.15) is 0 Å². The zero-order valence-corrected chi connectivity index (χ0v) is 12.8. The average Bonchev–Trinajstić information content (AvgIpc) is 2.48. The van der Waals surface area contributed by atoms with Gasteiger partial charge in [0.15, 0.2) is 11.5 Å². The molecule has 0 radical (unpaired) electrons. The van der Waals surface area contributed by atoms with Crippen LogP contribution in [0.5, 0.6) is 11.5 Å². The van der Waals surface area contributed by atoms with Crippen LogP contribution in [-0.2, 0) is 6.54 Å². The van der Waals surface area contributed by atoms with Crippen LogP contribution in [0, 0.1) is 5.92 Å². The van der Waals surface area contributed by atoms with E-state index in [2.05, 4.69) is 22.3 Å². The first-order valence-electron chi connectivity index (χ1n) is 7.34. The topological polar surface area (TPSA) is 33.7 Å². The van der Waals surface area contributed by atoms with E-state index in [1.807, 2.05) is 13.1 Å². The summed E-state index contributed by atoms with van der Waals surface area (Å²) in [5, 5.41) is 3.29. The Bertz CT molecular complexity index is 421. The Morgan fingerprint density at radius 3 is 2.75 bits per heavy atom. The second-order valence-electron chi connectivity index (χ2n) is 5.49. The fourth-order valence-electron chi connectivity index (χ4n) is 2.99. The molecule has 1 heterocycles. The molecule has 0 spiro atoms. The molecular weight excluding hydrogens is 252 g/mol. The molecule has 112 valence electrons. The molecule has 0 amide bonds. The highest BCUT2D eigenvalue weighted by atomic mass is 16.5. The minimum atomic E-state index is 0.772. The van der Waals surface area contributed by atoms with Gasteiger partial charge in [-0.3, -0.25) is 4.90 Å². The summed E-state index contributed by atoms with van der Waals surface area (Å²) in [4.78, 5) is 2.53. The van der Waals surface area contributed by atoms with Crippen molar-refractivity contribution >= 4 is 0 Å². The highest BCUT2D eigenvalue weighted by Crippen LogP contribution is 2.28. The van der Waals surface area contributed by atoms with Gasteiger partial charge in [0.25, 0.3) is 0 Å². The average molecular weight is 278 g/mol. The number of methoxy groups -OCH3 is 2. The molecule has 2 rings (SSSR count). The molecular formula is C16H26N2O2. The van der Waals surface area contributed by atoms with Crippen molar-refractivity contribution < 1.29 is 9.47 Å². The largest absolute Gasteiger partial charge is 0.493 e. The Morgan fingerprint density at radius 1 is 1.25 bits per heavy atom. The van der Waals surface area contributed by atoms with Crippen LogP contribution in [0.3, 0.4) is 0 Å². The van der Waals surface area contributed by atoms with E-state index in [0.29, 0.717) is 0 Å². The lowest BCUT2D eigenvalue weighted by atomic mass is 9.97. The number of piperidine rings is 1. The Hall–Kier alpha value is -1.26. The Balaban J connectivity index is 1.98. The van der Waals surface area contributed by atoms with Gasteiger partial charge < -0.3 is 14.8 Å². The Kier molecular flexibility index (Phi) is 5.68. The lowest BCUT2D eigenvalue weighted by Crippen LogP contribution is -2.38. The van der Waals surface area contributed by atoms with Gasteiger partial charge in [-0.25, -0.2) is 0 Å². The molecule has 20 heavy (non-hydrogen) atoms. The molecule has 1 aromatic carbocycles. The third kappa shape index (κ3) is 3.87. The van der Waals surface area contributed by atoms with Crippen molar-refractivity contribution in [2.24, 2.45) is 5.92 Å². The van der Waals surface area contributed by atoms with Crippen molar-refractivity contribution in [3.8, 4) is 11.5 Å². The van der Waals surface area contributed by atoms with Crippen molar-refractivity contribution in [2.45, 2.75) is 19.4 Å². The van der Waals surface area contributed by atoms with Crippen molar-refractivity contribution in [3.05, 3.63) is 23.8 Å². The van der Waals surface area contributed by atoms with E-state index in [-0.39, 0.29) is 0 Å². The summed E-state index contributed by atoms with van der Waals surface area (Å²) >= 11 is 0. The van der Waals surface area contributed by atoms with Gasteiger partial charge in [-0.15, -0.1) is 0 Å². The summed E-state index contributed by atoms with van der Waals surface area (Å²) in [5.74, 6) is 2.38. The molecule has 4 heteroatoms. The Labute approximate surface area is 122 Å². The van der Waals surface area contributed by atoms with Crippen LogP contribution < -0.4 is 14.8 Å². The molecule has 1 fully saturated rings. The maximum Gasteiger partial charge on any atom is 0.161 e. The molecule has 1 aliphatic heterocycles. The van der Waals surface area contributed by atoms with Gasteiger partial charge in [0.2, 0.25) is 0 Å². The maximum absolute atomic E-state index is 5.37. The smallest absolute Gasteiger partial charge is 0.161 e. The standard InChI is InChI=1S/C16H26N2O2/c1-17-10-14-5-4-8-18(12-14)11-13-6-7-15(19-2)16(9-13)20-3/h6-7,9,14,17H,4-5,8,10-12H2,1-3H3. The summed E-state index contributed by atoms with van der Waals surface area (Å²) in [6.07, 6.45) is 2.63. The van der Waals surface area contributed by atoms with Crippen LogP contribution in [0.25, 0.3) is 0 Å². The van der Waals surface area contributed by atoms with E-state index in [1.54, 1.807) is 14.2 Å². The molecule has 0 aromatic heterocycles. The van der Waals surface area contributed by atoms with Crippen molar-refractivity contribution in [1.29, 1.82) is 0 Å². The van der Waals surface area contributed by atoms with E-state index >= 15 is 0 Å². The summed E-state index contributed by atoms with van der Waals surface area (Å²) in [6, 6.07) is 6.20. The van der Waals surface area contributed by atoms with Crippen molar-refractivity contribution in [3.63, 3.8) is 0 Å². The van der Waals surface area contributed by atoms with Gasteiger partial charge in [0.1, 0.15) is 0 Å². The zero-order valence-electron chi connectivity index (χ0n) is 12.8. The molecule has 1 saturated heterocycles. The molecule has 0 bridgehead atoms. The summed E-state index contributed by atoms with van der Waals surface area (Å²) in [6.45, 7) is 4.47. The molecule has 1 atom stereocenters. The first-order chi connectivity index (χ1) is 9.76. The molecule has 1 unspecified atom stereocenters. The third-order valence-corrected chi connectivity index (χ3v) is 3.95. The van der Waals surface area contributed by atoms with E-state index in [0.717, 1.165) is 30.5 Å². The molecule has 0 saturated carbocycles. The monoisotopic (exact) mass is 278 g/mol. The number of nitrogens with zero attached hydrogens (tertiary/aromatic N) is 1. The van der Waals surface area contributed by atoms with Crippen LogP contribution in [0.15, 0.2) is 18.2 Å². The molecule has 0 aliphatic carbocycles. The quantitative estimate of drug-likeness (QED) is 0.864. The van der Waals surface area contributed by atoms with Gasteiger partial charge >= 0.3 is 0 Å². The zero-order chi connectivity index (χ0) is 14.4. The van der Waals surface area contributed by atoms with Crippen molar-refractivity contribution in [1.82, 2.24) is 10.2 Å². The van der Waals surface area contributed by atoms with E-state index in [4.69, 9.17) is 9.47 Å². The van der Waals surface area contributed by atoms with E-state index in [9.17, 15) is 0 Å². The van der Waals surface area contributed by atoms with Crippen LogP contribution in [0.4, 0.5) is 0 Å². The Morgan fingerprint density at radius 2 is 2.05 bits per heavy atom. The molecule has 1 N–H and O–H groups in total. The lowest BCUT2D eigenvalue weighted by Gasteiger charge is -2.32. The van der Waals surface area contributed by atoms with E-state index in [1.165, 1.54) is 31.5 Å².